The number of hydrogen-bond donors (Lipinski definition) is 2. The predicted molar refractivity (Wildman–Crippen MR) is 102 cm³/mol. The molecule has 0 bridgehead atoms. The van der Waals surface area contributed by atoms with E-state index in [4.69, 9.17) is 0 Å². The SMILES string of the molecule is CC(C)(C)c1ccc(Nc2cnnc(NCc3ccccc3F)n2)cc1. The van der Waals surface area contributed by atoms with Gasteiger partial charge in [-0.05, 0) is 29.2 Å². The van der Waals surface area contributed by atoms with Crippen molar-refractivity contribution >= 4 is 17.5 Å². The second-order valence-electron chi connectivity index (χ2n) is 7.06. The molecular formula is C20H22FN5. The van der Waals surface area contributed by atoms with E-state index < -0.39 is 0 Å². The molecule has 3 aromatic rings. The first-order valence-corrected chi connectivity index (χ1v) is 8.46. The predicted octanol–water partition coefficient (Wildman–Crippen LogP) is 4.66. The normalized spacial score (nSPS) is 11.2. The molecular weight excluding hydrogens is 329 g/mol. The molecule has 0 saturated carbocycles. The zero-order valence-electron chi connectivity index (χ0n) is 15.1. The van der Waals surface area contributed by atoms with E-state index in [2.05, 4.69) is 58.7 Å². The highest BCUT2D eigenvalue weighted by Crippen LogP contribution is 2.24. The van der Waals surface area contributed by atoms with Crippen molar-refractivity contribution in [3.05, 3.63) is 71.7 Å². The third kappa shape index (κ3) is 4.53. The van der Waals surface area contributed by atoms with Crippen LogP contribution in [0.15, 0.2) is 54.7 Å². The molecule has 2 N–H and O–H groups in total. The van der Waals surface area contributed by atoms with Crippen LogP contribution in [0.4, 0.5) is 21.8 Å². The van der Waals surface area contributed by atoms with E-state index in [0.29, 0.717) is 17.3 Å². The van der Waals surface area contributed by atoms with Crippen LogP contribution in [0.25, 0.3) is 0 Å². The lowest BCUT2D eigenvalue weighted by atomic mass is 9.87. The number of halogens is 1. The van der Waals surface area contributed by atoms with Crippen LogP contribution >= 0.6 is 0 Å². The van der Waals surface area contributed by atoms with Gasteiger partial charge in [0.2, 0.25) is 5.95 Å². The van der Waals surface area contributed by atoms with E-state index in [9.17, 15) is 4.39 Å². The van der Waals surface area contributed by atoms with Gasteiger partial charge < -0.3 is 10.6 Å². The quantitative estimate of drug-likeness (QED) is 0.700. The fraction of sp³-hybridized carbons (Fsp3) is 0.250. The molecule has 0 atom stereocenters. The lowest BCUT2D eigenvalue weighted by molar-refractivity contribution is 0.590. The molecule has 3 rings (SSSR count). The zero-order chi connectivity index (χ0) is 18.6. The first kappa shape index (κ1) is 17.8. The highest BCUT2D eigenvalue weighted by atomic mass is 19.1. The maximum absolute atomic E-state index is 13.7. The molecule has 0 radical (unpaired) electrons. The van der Waals surface area contributed by atoms with Gasteiger partial charge in [-0.15, -0.1) is 5.10 Å². The minimum atomic E-state index is -0.263. The van der Waals surface area contributed by atoms with Gasteiger partial charge in [0.25, 0.3) is 0 Å². The van der Waals surface area contributed by atoms with Crippen LogP contribution in [-0.2, 0) is 12.0 Å². The Bertz CT molecular complexity index is 872. The molecule has 6 heteroatoms. The minimum Gasteiger partial charge on any atom is -0.349 e. The number of hydrogen-bond acceptors (Lipinski definition) is 5. The number of benzene rings is 2. The Hall–Kier alpha value is -3.02. The summed E-state index contributed by atoms with van der Waals surface area (Å²) in [5.74, 6) is 0.644. The molecule has 2 aromatic carbocycles. The van der Waals surface area contributed by atoms with Crippen LogP contribution in [0, 0.1) is 5.82 Å². The Labute approximate surface area is 152 Å². The summed E-state index contributed by atoms with van der Waals surface area (Å²) in [5, 5.41) is 14.1. The van der Waals surface area contributed by atoms with E-state index in [-0.39, 0.29) is 17.8 Å². The van der Waals surface area contributed by atoms with Crippen molar-refractivity contribution in [1.29, 1.82) is 0 Å². The second-order valence-corrected chi connectivity index (χ2v) is 7.06. The van der Waals surface area contributed by atoms with Crippen molar-refractivity contribution in [2.75, 3.05) is 10.6 Å². The lowest BCUT2D eigenvalue weighted by Crippen LogP contribution is -2.10. The van der Waals surface area contributed by atoms with Gasteiger partial charge in [0.05, 0.1) is 6.20 Å². The monoisotopic (exact) mass is 351 g/mol. The van der Waals surface area contributed by atoms with Crippen LogP contribution in [0.3, 0.4) is 0 Å². The third-order valence-electron chi connectivity index (χ3n) is 3.98. The van der Waals surface area contributed by atoms with Crippen LogP contribution < -0.4 is 10.6 Å². The summed E-state index contributed by atoms with van der Waals surface area (Å²) in [7, 11) is 0. The number of nitrogens with zero attached hydrogens (tertiary/aromatic N) is 3. The summed E-state index contributed by atoms with van der Waals surface area (Å²) in [6.45, 7) is 6.82. The molecule has 26 heavy (non-hydrogen) atoms. The van der Waals surface area contributed by atoms with Gasteiger partial charge in [0, 0.05) is 17.8 Å². The van der Waals surface area contributed by atoms with Crippen LogP contribution in [0.2, 0.25) is 0 Å². The van der Waals surface area contributed by atoms with Gasteiger partial charge >= 0.3 is 0 Å². The Kier molecular flexibility index (Phi) is 5.11. The summed E-state index contributed by atoms with van der Waals surface area (Å²) < 4.78 is 13.7. The van der Waals surface area contributed by atoms with E-state index in [1.807, 2.05) is 12.1 Å². The Balaban J connectivity index is 1.66. The van der Waals surface area contributed by atoms with Gasteiger partial charge in [0.1, 0.15) is 5.82 Å². The Morgan fingerprint density at radius 1 is 1.00 bits per heavy atom. The van der Waals surface area contributed by atoms with Crippen LogP contribution in [-0.4, -0.2) is 15.2 Å². The Morgan fingerprint density at radius 3 is 2.42 bits per heavy atom. The van der Waals surface area contributed by atoms with Crippen molar-refractivity contribution in [1.82, 2.24) is 15.2 Å². The van der Waals surface area contributed by atoms with Crippen LogP contribution in [0.5, 0.6) is 0 Å². The molecule has 1 heterocycles. The summed E-state index contributed by atoms with van der Waals surface area (Å²) in [5.41, 5.74) is 2.83. The zero-order valence-corrected chi connectivity index (χ0v) is 15.1. The van der Waals surface area contributed by atoms with Crippen molar-refractivity contribution in [3.8, 4) is 0 Å². The summed E-state index contributed by atoms with van der Waals surface area (Å²) in [6, 6.07) is 14.8. The smallest absolute Gasteiger partial charge is 0.244 e. The second kappa shape index (κ2) is 7.47. The fourth-order valence-electron chi connectivity index (χ4n) is 2.46. The molecule has 0 aliphatic carbocycles. The average Bonchev–Trinajstić information content (AvgIpc) is 2.61. The molecule has 0 aliphatic rings. The summed E-state index contributed by atoms with van der Waals surface area (Å²) >= 11 is 0. The minimum absolute atomic E-state index is 0.110. The van der Waals surface area contributed by atoms with Gasteiger partial charge in [-0.3, -0.25) is 0 Å². The number of nitrogens with one attached hydrogen (secondary N) is 2. The molecule has 0 amide bonds. The number of aromatic nitrogens is 3. The molecule has 134 valence electrons. The van der Waals surface area contributed by atoms with E-state index >= 15 is 0 Å². The summed E-state index contributed by atoms with van der Waals surface area (Å²) in [6.07, 6.45) is 1.55. The molecule has 0 spiro atoms. The van der Waals surface area contributed by atoms with Crippen molar-refractivity contribution in [2.24, 2.45) is 0 Å². The van der Waals surface area contributed by atoms with E-state index in [1.165, 1.54) is 11.6 Å². The van der Waals surface area contributed by atoms with Crippen molar-refractivity contribution in [2.45, 2.75) is 32.7 Å². The molecule has 5 nitrogen and oxygen atoms in total. The molecule has 1 aromatic heterocycles. The Morgan fingerprint density at radius 2 is 1.73 bits per heavy atom. The third-order valence-corrected chi connectivity index (χ3v) is 3.98. The molecule has 0 saturated heterocycles. The van der Waals surface area contributed by atoms with Gasteiger partial charge in [0.15, 0.2) is 5.82 Å². The van der Waals surface area contributed by atoms with Crippen LogP contribution in [0.1, 0.15) is 31.9 Å². The van der Waals surface area contributed by atoms with Gasteiger partial charge in [-0.25, -0.2) is 4.39 Å². The fourth-order valence-corrected chi connectivity index (χ4v) is 2.46. The van der Waals surface area contributed by atoms with E-state index in [1.54, 1.807) is 24.4 Å². The van der Waals surface area contributed by atoms with Gasteiger partial charge in [-0.1, -0.05) is 51.1 Å². The first-order valence-electron chi connectivity index (χ1n) is 8.46. The number of rotatable bonds is 5. The van der Waals surface area contributed by atoms with Crippen molar-refractivity contribution < 1.29 is 4.39 Å². The summed E-state index contributed by atoms with van der Waals surface area (Å²) in [4.78, 5) is 4.37. The highest BCUT2D eigenvalue weighted by Gasteiger charge is 2.13. The maximum Gasteiger partial charge on any atom is 0.244 e. The maximum atomic E-state index is 13.7. The van der Waals surface area contributed by atoms with Gasteiger partial charge in [-0.2, -0.15) is 10.1 Å². The first-order chi connectivity index (χ1) is 12.4. The molecule has 0 unspecified atom stereocenters. The highest BCUT2D eigenvalue weighted by molar-refractivity contribution is 5.56. The van der Waals surface area contributed by atoms with E-state index in [0.717, 1.165) is 5.69 Å². The lowest BCUT2D eigenvalue weighted by Gasteiger charge is -2.19. The molecule has 0 aliphatic heterocycles. The number of anilines is 3. The topological polar surface area (TPSA) is 62.7 Å². The largest absolute Gasteiger partial charge is 0.349 e. The standard InChI is InChI=1S/C20H22FN5/c1-20(2,3)15-8-10-16(11-9-15)24-18-13-23-26-19(25-18)22-12-14-6-4-5-7-17(14)21/h4-11,13H,12H2,1-3H3,(H2,22,24,25,26). The van der Waals surface area contributed by atoms with Crippen molar-refractivity contribution in [3.63, 3.8) is 0 Å². The average molecular weight is 351 g/mol. The molecule has 0 fully saturated rings.